The maximum Gasteiger partial charge on any atom is 0.733 e. The van der Waals surface area contributed by atoms with Gasteiger partial charge in [-0.2, -0.15) is 9.15 Å². The first-order valence-electron chi connectivity index (χ1n) is 3.98. The van der Waals surface area contributed by atoms with Crippen LogP contribution in [0.25, 0.3) is 0 Å². The normalized spacial score (nSPS) is 12.0. The minimum absolute atomic E-state index is 0.339. The Hall–Kier alpha value is -0.0231. The van der Waals surface area contributed by atoms with Crippen LogP contribution < -0.4 is 0 Å². The topological polar surface area (TPSA) is 66.4 Å². The predicted octanol–water partition coefficient (Wildman–Crippen LogP) is 0.387. The van der Waals surface area contributed by atoms with E-state index in [4.69, 9.17) is 4.43 Å². The van der Waals surface area contributed by atoms with Crippen LogP contribution in [-0.2, 0) is 23.4 Å². The average molecular weight is 212 g/mol. The lowest BCUT2D eigenvalue weighted by Crippen LogP contribution is -2.46. The molecule has 0 aliphatic carbocycles. The smallest absolute Gasteiger partial charge is 0.365 e. The molecular formula is C6H16O6Si. The summed E-state index contributed by atoms with van der Waals surface area (Å²) in [5.74, 6) is 0. The van der Waals surface area contributed by atoms with Gasteiger partial charge in [-0.25, -0.2) is 9.78 Å². The Balaban J connectivity index is 3.76. The van der Waals surface area contributed by atoms with Crippen molar-refractivity contribution in [3.8, 4) is 0 Å². The van der Waals surface area contributed by atoms with Gasteiger partial charge < -0.3 is 9.22 Å². The first-order valence-corrected chi connectivity index (χ1v) is 5.65. The van der Waals surface area contributed by atoms with Crippen molar-refractivity contribution in [3.05, 3.63) is 0 Å². The lowest BCUT2D eigenvalue weighted by atomic mass is 10.4. The highest BCUT2D eigenvalue weighted by atomic mass is 28.4. The van der Waals surface area contributed by atoms with E-state index in [1.807, 2.05) is 6.92 Å². The highest BCUT2D eigenvalue weighted by Crippen LogP contribution is 2.06. The molecule has 0 fully saturated rings. The molecule has 0 bridgehead atoms. The van der Waals surface area contributed by atoms with E-state index in [2.05, 4.69) is 18.9 Å². The van der Waals surface area contributed by atoms with E-state index >= 15 is 0 Å². The fraction of sp³-hybridized carbons (Fsp3) is 1.00. The molecule has 0 aliphatic heterocycles. The summed E-state index contributed by atoms with van der Waals surface area (Å²) in [7, 11) is -1.23. The van der Waals surface area contributed by atoms with E-state index < -0.39 is 9.05 Å². The van der Waals surface area contributed by atoms with Gasteiger partial charge in [0.25, 0.3) is 0 Å². The Morgan fingerprint density at radius 2 is 1.69 bits per heavy atom. The van der Waals surface area contributed by atoms with Crippen molar-refractivity contribution < 1.29 is 28.2 Å². The average Bonchev–Trinajstić information content (AvgIpc) is 2.05. The van der Waals surface area contributed by atoms with Crippen LogP contribution in [0.4, 0.5) is 0 Å². The van der Waals surface area contributed by atoms with E-state index in [1.165, 1.54) is 14.2 Å². The van der Waals surface area contributed by atoms with Crippen LogP contribution in [-0.4, -0.2) is 34.7 Å². The highest BCUT2D eigenvalue weighted by Gasteiger charge is 2.45. The summed E-state index contributed by atoms with van der Waals surface area (Å²) >= 11 is 0. The minimum Gasteiger partial charge on any atom is -0.365 e. The van der Waals surface area contributed by atoms with Crippen LogP contribution in [0.15, 0.2) is 0 Å². The second-order valence-corrected chi connectivity index (χ2v) is 3.90. The van der Waals surface area contributed by atoms with Gasteiger partial charge in [0.1, 0.15) is 0 Å². The Bertz CT molecular complexity index is 116. The summed E-state index contributed by atoms with van der Waals surface area (Å²) < 4.78 is 13.8. The quantitative estimate of drug-likeness (QED) is 0.272. The van der Waals surface area contributed by atoms with Crippen molar-refractivity contribution >= 4 is 9.05 Å². The second-order valence-electron chi connectivity index (χ2n) is 2.23. The molecule has 0 rings (SSSR count). The molecule has 0 atom stereocenters. The molecule has 6 nitrogen and oxygen atoms in total. The van der Waals surface area contributed by atoms with E-state index in [9.17, 15) is 4.80 Å². The van der Waals surface area contributed by atoms with Crippen molar-refractivity contribution in [1.82, 2.24) is 0 Å². The molecule has 0 saturated heterocycles. The van der Waals surface area contributed by atoms with Gasteiger partial charge in [0.2, 0.25) is 0 Å². The molecule has 0 aromatic carbocycles. The van der Waals surface area contributed by atoms with Gasteiger partial charge in [-0.05, 0) is 6.42 Å². The molecule has 0 amide bonds. The monoisotopic (exact) mass is 212 g/mol. The van der Waals surface area contributed by atoms with Gasteiger partial charge >= 0.3 is 9.05 Å². The zero-order valence-corrected chi connectivity index (χ0v) is 9.11. The summed E-state index contributed by atoms with van der Waals surface area (Å²) in [6.45, 7) is 2.34. The van der Waals surface area contributed by atoms with Crippen LogP contribution >= 0.6 is 0 Å². The molecule has 0 aromatic rings. The van der Waals surface area contributed by atoms with Gasteiger partial charge in [-0.3, -0.25) is 0 Å². The zero-order chi connectivity index (χ0) is 10.2. The van der Waals surface area contributed by atoms with E-state index in [0.717, 1.165) is 12.8 Å². The van der Waals surface area contributed by atoms with Crippen LogP contribution in [0.2, 0.25) is 0 Å². The van der Waals surface area contributed by atoms with Crippen LogP contribution in [0, 0.1) is 0 Å². The summed E-state index contributed by atoms with van der Waals surface area (Å²) in [5, 5.41) is 0. The fourth-order valence-corrected chi connectivity index (χ4v) is 1.57. The van der Waals surface area contributed by atoms with Crippen molar-refractivity contribution in [2.75, 3.05) is 20.8 Å². The Morgan fingerprint density at radius 3 is 2.08 bits per heavy atom. The maximum absolute atomic E-state index is 9.46. The Morgan fingerprint density at radius 1 is 1.15 bits per heavy atom. The van der Waals surface area contributed by atoms with Gasteiger partial charge in [0, 0.05) is 6.61 Å². The van der Waals surface area contributed by atoms with Crippen molar-refractivity contribution in [1.29, 1.82) is 0 Å². The Labute approximate surface area is 78.7 Å². The predicted molar refractivity (Wildman–Crippen MR) is 45.0 cm³/mol. The molecule has 0 saturated carbocycles. The lowest BCUT2D eigenvalue weighted by Gasteiger charge is -2.18. The number of unbranched alkanes of at least 4 members (excludes halogenated alkanes) is 1. The van der Waals surface area contributed by atoms with E-state index in [-0.39, 0.29) is 0 Å². The summed E-state index contributed by atoms with van der Waals surface area (Å²) in [4.78, 5) is 18.0. The minimum atomic E-state index is -3.73. The van der Waals surface area contributed by atoms with Crippen LogP contribution in [0.1, 0.15) is 19.8 Å². The molecule has 1 N–H and O–H groups in total. The third-order valence-corrected chi connectivity index (χ3v) is 2.48. The first-order chi connectivity index (χ1) is 6.18. The highest BCUT2D eigenvalue weighted by molar-refractivity contribution is 6.51. The van der Waals surface area contributed by atoms with Gasteiger partial charge in [0.15, 0.2) is 0 Å². The fourth-order valence-electron chi connectivity index (χ4n) is 0.618. The molecule has 0 heterocycles. The number of rotatable bonds is 8. The maximum atomic E-state index is 9.46. The summed E-state index contributed by atoms with van der Waals surface area (Å²) in [5.41, 5.74) is 0. The van der Waals surface area contributed by atoms with Crippen molar-refractivity contribution in [2.45, 2.75) is 19.8 Å². The molecule has 0 aromatic heterocycles. The first kappa shape index (κ1) is 13.0. The zero-order valence-electron chi connectivity index (χ0n) is 8.11. The van der Waals surface area contributed by atoms with Crippen molar-refractivity contribution in [2.24, 2.45) is 0 Å². The SMILES string of the molecule is CCCCO[Si](O)(OOC)OOC. The van der Waals surface area contributed by atoms with Crippen LogP contribution in [0.3, 0.4) is 0 Å². The lowest BCUT2D eigenvalue weighted by molar-refractivity contribution is -0.317. The third kappa shape index (κ3) is 6.10. The summed E-state index contributed by atoms with van der Waals surface area (Å²) in [6.07, 6.45) is 1.75. The molecule has 0 spiro atoms. The van der Waals surface area contributed by atoms with E-state index in [1.54, 1.807) is 0 Å². The van der Waals surface area contributed by atoms with Crippen molar-refractivity contribution in [3.63, 3.8) is 0 Å². The van der Waals surface area contributed by atoms with Crippen LogP contribution in [0.5, 0.6) is 0 Å². The summed E-state index contributed by atoms with van der Waals surface area (Å²) in [6, 6.07) is 0. The second kappa shape index (κ2) is 7.39. The Kier molecular flexibility index (Phi) is 7.37. The van der Waals surface area contributed by atoms with Gasteiger partial charge in [0.05, 0.1) is 14.2 Å². The molecule has 80 valence electrons. The molecule has 13 heavy (non-hydrogen) atoms. The standard InChI is InChI=1S/C6H16O6Si/c1-4-5-6-10-13(7,11-8-2)12-9-3/h7H,4-6H2,1-3H3. The number of hydrogen-bond acceptors (Lipinski definition) is 6. The molecule has 0 aliphatic rings. The van der Waals surface area contributed by atoms with Gasteiger partial charge in [-0.1, -0.05) is 13.3 Å². The van der Waals surface area contributed by atoms with E-state index in [0.29, 0.717) is 6.61 Å². The largest absolute Gasteiger partial charge is 0.733 e. The molecule has 7 heteroatoms. The third-order valence-electron chi connectivity index (χ3n) is 1.16. The number of hydrogen-bond donors (Lipinski definition) is 1. The van der Waals surface area contributed by atoms with Gasteiger partial charge in [-0.15, -0.1) is 0 Å². The molecule has 0 radical (unpaired) electrons. The molecular weight excluding hydrogens is 196 g/mol. The molecule has 0 unspecified atom stereocenters.